The summed E-state index contributed by atoms with van der Waals surface area (Å²) < 4.78 is 1.06. The van der Waals surface area contributed by atoms with E-state index in [1.807, 2.05) is 43.3 Å². The van der Waals surface area contributed by atoms with E-state index in [1.165, 1.54) is 0 Å². The molecule has 0 saturated heterocycles. The first kappa shape index (κ1) is 22.6. The van der Waals surface area contributed by atoms with Gasteiger partial charge in [-0.3, -0.25) is 4.98 Å². The lowest BCUT2D eigenvalue weighted by Crippen LogP contribution is -2.35. The first-order valence-corrected chi connectivity index (χ1v) is 12.0. The number of hydrogen-bond donors (Lipinski definition) is 5. The van der Waals surface area contributed by atoms with Crippen LogP contribution in [-0.4, -0.2) is 60.1 Å². The van der Waals surface area contributed by atoms with E-state index in [-0.39, 0.29) is 6.61 Å². The van der Waals surface area contributed by atoms with Crippen LogP contribution in [0.4, 0.5) is 11.8 Å². The molecule has 0 aliphatic heterocycles. The van der Waals surface area contributed by atoms with Crippen LogP contribution >= 0.6 is 11.3 Å². The van der Waals surface area contributed by atoms with Crippen LogP contribution in [-0.2, 0) is 6.54 Å². The molecular formula is C24H26N6O3S. The Hall–Kier alpha value is -3.18. The van der Waals surface area contributed by atoms with Gasteiger partial charge in [-0.15, -0.1) is 11.3 Å². The Morgan fingerprint density at radius 2 is 1.82 bits per heavy atom. The standard InChI is InChI=1S/C24H26N6O3S/c1-13-19(23-29-16-4-2-3-5-18(16)34-23)22(28-17-10-15(12-31)20(32)21(17)33)30-24(27-13)26-11-14-6-8-25-9-7-14/h2-9,15,17,20-21,31-33H,10-12H2,1H3,(H2,26,27,28,30)/t15-,17-,20-,21+/m1/s1. The zero-order valence-electron chi connectivity index (χ0n) is 18.6. The van der Waals surface area contributed by atoms with Crippen molar-refractivity contribution in [3.05, 3.63) is 60.0 Å². The summed E-state index contributed by atoms with van der Waals surface area (Å²) in [6, 6.07) is 11.3. The van der Waals surface area contributed by atoms with Gasteiger partial charge >= 0.3 is 0 Å². The average molecular weight is 479 g/mol. The number of aliphatic hydroxyl groups is 3. The Labute approximate surface area is 200 Å². The van der Waals surface area contributed by atoms with Crippen molar-refractivity contribution in [2.75, 3.05) is 17.2 Å². The van der Waals surface area contributed by atoms with Crippen molar-refractivity contribution in [2.24, 2.45) is 5.92 Å². The van der Waals surface area contributed by atoms with Crippen LogP contribution in [0, 0.1) is 12.8 Å². The number of rotatable bonds is 7. The number of pyridine rings is 1. The first-order chi connectivity index (χ1) is 16.5. The molecule has 5 N–H and O–H groups in total. The van der Waals surface area contributed by atoms with Crippen molar-refractivity contribution >= 4 is 33.3 Å². The minimum atomic E-state index is -1.02. The van der Waals surface area contributed by atoms with Crippen LogP contribution in [0.1, 0.15) is 17.7 Å². The summed E-state index contributed by atoms with van der Waals surface area (Å²) in [5.74, 6) is 0.567. The molecule has 1 aromatic carbocycles. The van der Waals surface area contributed by atoms with E-state index >= 15 is 0 Å². The molecule has 0 radical (unpaired) electrons. The monoisotopic (exact) mass is 478 g/mol. The minimum absolute atomic E-state index is 0.192. The summed E-state index contributed by atoms with van der Waals surface area (Å²) >= 11 is 1.55. The molecule has 1 fully saturated rings. The van der Waals surface area contributed by atoms with Gasteiger partial charge < -0.3 is 26.0 Å². The van der Waals surface area contributed by atoms with Crippen LogP contribution in [0.15, 0.2) is 48.8 Å². The van der Waals surface area contributed by atoms with E-state index in [9.17, 15) is 15.3 Å². The number of para-hydroxylation sites is 1. The van der Waals surface area contributed by atoms with E-state index in [4.69, 9.17) is 9.97 Å². The fourth-order valence-corrected chi connectivity index (χ4v) is 5.36. The lowest BCUT2D eigenvalue weighted by molar-refractivity contribution is 0.00446. The van der Waals surface area contributed by atoms with Gasteiger partial charge in [0.05, 0.1) is 33.6 Å². The molecule has 1 saturated carbocycles. The van der Waals surface area contributed by atoms with E-state index in [0.717, 1.165) is 32.0 Å². The molecular weight excluding hydrogens is 452 g/mol. The number of nitrogens with zero attached hydrogens (tertiary/aromatic N) is 4. The Balaban J connectivity index is 1.51. The van der Waals surface area contributed by atoms with Crippen molar-refractivity contribution in [2.45, 2.75) is 38.1 Å². The normalized spacial score (nSPS) is 22.2. The van der Waals surface area contributed by atoms with Gasteiger partial charge in [0, 0.05) is 31.5 Å². The summed E-state index contributed by atoms with van der Waals surface area (Å²) in [5, 5.41) is 37.8. The largest absolute Gasteiger partial charge is 0.396 e. The number of benzene rings is 1. The molecule has 0 amide bonds. The zero-order valence-corrected chi connectivity index (χ0v) is 19.4. The van der Waals surface area contributed by atoms with Crippen molar-refractivity contribution < 1.29 is 15.3 Å². The molecule has 10 heteroatoms. The Bertz CT molecular complexity index is 1250. The third kappa shape index (κ3) is 4.45. The predicted molar refractivity (Wildman–Crippen MR) is 132 cm³/mol. The highest BCUT2D eigenvalue weighted by atomic mass is 32.1. The van der Waals surface area contributed by atoms with E-state index in [1.54, 1.807) is 23.7 Å². The van der Waals surface area contributed by atoms with Crippen LogP contribution in [0.5, 0.6) is 0 Å². The Kier molecular flexibility index (Phi) is 6.38. The van der Waals surface area contributed by atoms with Crippen molar-refractivity contribution in [3.63, 3.8) is 0 Å². The quantitative estimate of drug-likeness (QED) is 0.271. The minimum Gasteiger partial charge on any atom is -0.396 e. The second kappa shape index (κ2) is 9.59. The highest BCUT2D eigenvalue weighted by Gasteiger charge is 2.41. The van der Waals surface area contributed by atoms with Crippen LogP contribution < -0.4 is 10.6 Å². The maximum absolute atomic E-state index is 10.6. The third-order valence-corrected chi connectivity index (χ3v) is 7.21. The fourth-order valence-electron chi connectivity index (χ4n) is 4.30. The number of aromatic nitrogens is 4. The summed E-state index contributed by atoms with van der Waals surface area (Å²) in [4.78, 5) is 18.2. The van der Waals surface area contributed by atoms with Crippen molar-refractivity contribution in [1.82, 2.24) is 19.9 Å². The zero-order chi connectivity index (χ0) is 23.7. The molecule has 1 aliphatic carbocycles. The summed E-state index contributed by atoms with van der Waals surface area (Å²) in [6.45, 7) is 2.24. The number of thiazole rings is 1. The Morgan fingerprint density at radius 3 is 2.56 bits per heavy atom. The number of anilines is 2. The van der Waals surface area contributed by atoms with Gasteiger partial charge in [-0.2, -0.15) is 4.98 Å². The molecule has 0 unspecified atom stereocenters. The number of aryl methyl sites for hydroxylation is 1. The van der Waals surface area contributed by atoms with Gasteiger partial charge in [-0.05, 0) is 43.2 Å². The SMILES string of the molecule is Cc1nc(NCc2ccncc2)nc(N[C@@H]2C[C@H](CO)[C@@H](O)[C@H]2O)c1-c1nc2ccccc2s1. The summed E-state index contributed by atoms with van der Waals surface area (Å²) in [6.07, 6.45) is 1.86. The molecule has 9 nitrogen and oxygen atoms in total. The lowest BCUT2D eigenvalue weighted by Gasteiger charge is -2.21. The molecule has 4 atom stereocenters. The second-order valence-corrected chi connectivity index (χ2v) is 9.49. The highest BCUT2D eigenvalue weighted by Crippen LogP contribution is 2.38. The van der Waals surface area contributed by atoms with Gasteiger partial charge in [-0.25, -0.2) is 9.97 Å². The lowest BCUT2D eigenvalue weighted by atomic mass is 10.1. The third-order valence-electron chi connectivity index (χ3n) is 6.16. The summed E-state index contributed by atoms with van der Waals surface area (Å²) in [7, 11) is 0. The molecule has 3 aromatic heterocycles. The average Bonchev–Trinajstić information content (AvgIpc) is 3.39. The van der Waals surface area contributed by atoms with Gasteiger partial charge in [-0.1, -0.05) is 12.1 Å². The molecule has 4 aromatic rings. The molecule has 0 spiro atoms. The molecule has 34 heavy (non-hydrogen) atoms. The van der Waals surface area contributed by atoms with Crippen LogP contribution in [0.25, 0.3) is 20.8 Å². The van der Waals surface area contributed by atoms with Gasteiger partial charge in [0.25, 0.3) is 0 Å². The maximum Gasteiger partial charge on any atom is 0.225 e. The number of hydrogen-bond acceptors (Lipinski definition) is 10. The van der Waals surface area contributed by atoms with E-state index < -0.39 is 24.2 Å². The second-order valence-electron chi connectivity index (χ2n) is 8.46. The van der Waals surface area contributed by atoms with Gasteiger partial charge in [0.15, 0.2) is 0 Å². The van der Waals surface area contributed by atoms with Crippen LogP contribution in [0.3, 0.4) is 0 Å². The maximum atomic E-state index is 10.6. The first-order valence-electron chi connectivity index (χ1n) is 11.1. The number of aliphatic hydroxyl groups excluding tert-OH is 3. The Morgan fingerprint density at radius 1 is 1.03 bits per heavy atom. The molecule has 1 aliphatic rings. The molecule has 0 bridgehead atoms. The predicted octanol–water partition coefficient (Wildman–Crippen LogP) is 2.58. The van der Waals surface area contributed by atoms with Gasteiger partial charge in [0.1, 0.15) is 16.9 Å². The molecule has 3 heterocycles. The topological polar surface area (TPSA) is 136 Å². The smallest absolute Gasteiger partial charge is 0.225 e. The number of nitrogens with one attached hydrogen (secondary N) is 2. The van der Waals surface area contributed by atoms with Crippen LogP contribution in [0.2, 0.25) is 0 Å². The highest BCUT2D eigenvalue weighted by molar-refractivity contribution is 7.21. The molecule has 5 rings (SSSR count). The summed E-state index contributed by atoms with van der Waals surface area (Å²) in [5.41, 5.74) is 3.43. The van der Waals surface area contributed by atoms with E-state index in [2.05, 4.69) is 20.6 Å². The van der Waals surface area contributed by atoms with E-state index in [0.29, 0.717) is 24.7 Å². The van der Waals surface area contributed by atoms with Gasteiger partial charge in [0.2, 0.25) is 5.95 Å². The number of fused-ring (bicyclic) bond motifs is 1. The van der Waals surface area contributed by atoms with Crippen molar-refractivity contribution in [1.29, 1.82) is 0 Å². The molecule has 176 valence electrons. The fraction of sp³-hybridized carbons (Fsp3) is 0.333. The van der Waals surface area contributed by atoms with Crippen molar-refractivity contribution in [3.8, 4) is 10.6 Å².